The molecule has 1 fully saturated rings. The van der Waals surface area contributed by atoms with Crippen LogP contribution in [0.2, 0.25) is 0 Å². The van der Waals surface area contributed by atoms with Crippen molar-refractivity contribution < 1.29 is 4.79 Å². The van der Waals surface area contributed by atoms with Crippen molar-refractivity contribution >= 4 is 35.8 Å². The zero-order valence-corrected chi connectivity index (χ0v) is 20.4. The molecule has 0 aromatic rings. The van der Waals surface area contributed by atoms with Gasteiger partial charge < -0.3 is 20.4 Å². The van der Waals surface area contributed by atoms with Crippen molar-refractivity contribution in [1.29, 1.82) is 0 Å². The van der Waals surface area contributed by atoms with Crippen LogP contribution in [0.4, 0.5) is 0 Å². The second-order valence-electron chi connectivity index (χ2n) is 7.25. The molecule has 1 aliphatic rings. The Hall–Kier alpha value is -0.570. The molecular formula is C20H42IN5O. The monoisotopic (exact) mass is 495 g/mol. The molecule has 0 aromatic carbocycles. The number of amides is 1. The summed E-state index contributed by atoms with van der Waals surface area (Å²) < 4.78 is 0. The van der Waals surface area contributed by atoms with Gasteiger partial charge in [-0.3, -0.25) is 9.79 Å². The number of halogens is 1. The van der Waals surface area contributed by atoms with E-state index >= 15 is 0 Å². The molecule has 0 saturated carbocycles. The molecule has 6 nitrogen and oxygen atoms in total. The first-order chi connectivity index (χ1) is 12.5. The molecule has 2 atom stereocenters. The van der Waals surface area contributed by atoms with Crippen molar-refractivity contribution in [2.45, 2.75) is 78.3 Å². The Bertz CT molecular complexity index is 429. The van der Waals surface area contributed by atoms with E-state index in [0.717, 1.165) is 70.8 Å². The highest BCUT2D eigenvalue weighted by Gasteiger charge is 2.26. The van der Waals surface area contributed by atoms with Crippen LogP contribution in [-0.2, 0) is 4.79 Å². The van der Waals surface area contributed by atoms with Crippen LogP contribution in [0.3, 0.4) is 0 Å². The molecule has 1 heterocycles. The van der Waals surface area contributed by atoms with Gasteiger partial charge in [-0.15, -0.1) is 24.0 Å². The summed E-state index contributed by atoms with van der Waals surface area (Å²) in [4.78, 5) is 20.8. The number of carbonyl (C=O) groups is 1. The lowest BCUT2D eigenvalue weighted by Gasteiger charge is -2.27. The molecule has 1 aliphatic heterocycles. The lowest BCUT2D eigenvalue weighted by Crippen LogP contribution is -2.44. The van der Waals surface area contributed by atoms with E-state index in [2.05, 4.69) is 53.1 Å². The van der Waals surface area contributed by atoms with Gasteiger partial charge in [0.05, 0.1) is 0 Å². The van der Waals surface area contributed by atoms with Crippen molar-refractivity contribution in [2.75, 3.05) is 39.8 Å². The quantitative estimate of drug-likeness (QED) is 0.248. The summed E-state index contributed by atoms with van der Waals surface area (Å²) in [5, 5.41) is 6.90. The van der Waals surface area contributed by atoms with E-state index < -0.39 is 0 Å². The summed E-state index contributed by atoms with van der Waals surface area (Å²) in [6, 6.07) is 0.751. The fourth-order valence-electron chi connectivity index (χ4n) is 3.65. The highest BCUT2D eigenvalue weighted by Crippen LogP contribution is 2.17. The van der Waals surface area contributed by atoms with Crippen molar-refractivity contribution in [3.8, 4) is 0 Å². The minimum Gasteiger partial charge on any atom is -0.356 e. The number of hydrogen-bond acceptors (Lipinski definition) is 3. The van der Waals surface area contributed by atoms with E-state index in [4.69, 9.17) is 0 Å². The van der Waals surface area contributed by atoms with Crippen molar-refractivity contribution in [3.63, 3.8) is 0 Å². The highest BCUT2D eigenvalue weighted by molar-refractivity contribution is 14.0. The molecule has 160 valence electrons. The summed E-state index contributed by atoms with van der Waals surface area (Å²) in [6.45, 7) is 14.0. The van der Waals surface area contributed by atoms with Gasteiger partial charge in [0.2, 0.25) is 5.91 Å². The Morgan fingerprint density at radius 1 is 1.26 bits per heavy atom. The Morgan fingerprint density at radius 3 is 2.48 bits per heavy atom. The molecule has 1 amide bonds. The fraction of sp³-hybridized carbons (Fsp3) is 0.900. The van der Waals surface area contributed by atoms with Crippen molar-refractivity contribution in [3.05, 3.63) is 0 Å². The topological polar surface area (TPSA) is 60.0 Å². The summed E-state index contributed by atoms with van der Waals surface area (Å²) in [7, 11) is 1.82. The number of nitrogens with zero attached hydrogens (tertiary/aromatic N) is 3. The Balaban J connectivity index is 0.00000676. The average Bonchev–Trinajstić information content (AvgIpc) is 3.07. The van der Waals surface area contributed by atoms with Crippen LogP contribution < -0.4 is 10.6 Å². The maximum Gasteiger partial charge on any atom is 0.222 e. The number of aliphatic imine (C=N–C) groups is 1. The first-order valence-corrected chi connectivity index (χ1v) is 10.5. The Labute approximate surface area is 183 Å². The normalized spacial score (nSPS) is 17.0. The van der Waals surface area contributed by atoms with Crippen molar-refractivity contribution in [2.24, 2.45) is 4.99 Å². The molecular weight excluding hydrogens is 453 g/mol. The third-order valence-corrected chi connectivity index (χ3v) is 5.40. The van der Waals surface area contributed by atoms with Gasteiger partial charge >= 0.3 is 0 Å². The molecule has 0 bridgehead atoms. The van der Waals surface area contributed by atoms with Gasteiger partial charge in [-0.25, -0.2) is 0 Å². The fourth-order valence-corrected chi connectivity index (χ4v) is 3.65. The second kappa shape index (κ2) is 15.4. The third kappa shape index (κ3) is 9.96. The van der Waals surface area contributed by atoms with E-state index in [0.29, 0.717) is 18.0 Å². The maximum atomic E-state index is 11.9. The summed E-state index contributed by atoms with van der Waals surface area (Å²) in [6.07, 6.45) is 6.05. The number of guanidine groups is 1. The van der Waals surface area contributed by atoms with Gasteiger partial charge in [-0.1, -0.05) is 20.8 Å². The highest BCUT2D eigenvalue weighted by atomic mass is 127. The van der Waals surface area contributed by atoms with Gasteiger partial charge in [0.25, 0.3) is 0 Å². The predicted octanol–water partition coefficient (Wildman–Crippen LogP) is 3.07. The van der Waals surface area contributed by atoms with E-state index in [-0.39, 0.29) is 24.0 Å². The predicted molar refractivity (Wildman–Crippen MR) is 126 cm³/mol. The van der Waals surface area contributed by atoms with Crippen LogP contribution in [0.5, 0.6) is 0 Å². The second-order valence-corrected chi connectivity index (χ2v) is 7.25. The minimum absolute atomic E-state index is 0. The SMILES string of the molecule is CCC(CCNC(=NC)NC(C)CCCN(CC)CC)N1CCCC1=O.I. The van der Waals surface area contributed by atoms with Gasteiger partial charge in [0.1, 0.15) is 0 Å². The zero-order chi connectivity index (χ0) is 19.4. The van der Waals surface area contributed by atoms with Crippen LogP contribution in [0, 0.1) is 0 Å². The number of nitrogens with one attached hydrogen (secondary N) is 2. The Kier molecular flexibility index (Phi) is 15.0. The molecule has 2 N–H and O–H groups in total. The minimum atomic E-state index is 0. The standard InChI is InChI=1S/C20H41N5O.HI/c1-6-18(25-16-10-12-19(25)26)13-14-22-20(21-5)23-17(4)11-9-15-24(7-2)8-3;/h17-18H,6-16H2,1-5H3,(H2,21,22,23);1H. The lowest BCUT2D eigenvalue weighted by molar-refractivity contribution is -0.129. The summed E-state index contributed by atoms with van der Waals surface area (Å²) in [5.41, 5.74) is 0. The van der Waals surface area contributed by atoms with Crippen LogP contribution in [0.25, 0.3) is 0 Å². The molecule has 2 unspecified atom stereocenters. The summed E-state index contributed by atoms with van der Waals surface area (Å²) in [5.74, 6) is 1.18. The third-order valence-electron chi connectivity index (χ3n) is 5.40. The van der Waals surface area contributed by atoms with E-state index in [1.807, 2.05) is 7.05 Å². The first kappa shape index (κ1) is 26.4. The molecule has 7 heteroatoms. The lowest BCUT2D eigenvalue weighted by atomic mass is 10.1. The molecule has 0 spiro atoms. The van der Waals surface area contributed by atoms with Crippen LogP contribution in [0.15, 0.2) is 4.99 Å². The van der Waals surface area contributed by atoms with Crippen LogP contribution in [-0.4, -0.2) is 73.5 Å². The van der Waals surface area contributed by atoms with Gasteiger partial charge in [-0.2, -0.15) is 0 Å². The van der Waals surface area contributed by atoms with Gasteiger partial charge in [0, 0.05) is 38.6 Å². The molecule has 27 heavy (non-hydrogen) atoms. The molecule has 1 rings (SSSR count). The smallest absolute Gasteiger partial charge is 0.222 e. The average molecular weight is 495 g/mol. The van der Waals surface area contributed by atoms with E-state index in [1.165, 1.54) is 6.42 Å². The molecule has 1 saturated heterocycles. The number of likely N-dealkylation sites (tertiary alicyclic amines) is 1. The molecule has 0 aliphatic carbocycles. The number of carbonyl (C=O) groups excluding carboxylic acids is 1. The van der Waals surface area contributed by atoms with Gasteiger partial charge in [0.15, 0.2) is 5.96 Å². The van der Waals surface area contributed by atoms with E-state index in [9.17, 15) is 4.79 Å². The summed E-state index contributed by atoms with van der Waals surface area (Å²) >= 11 is 0. The van der Waals surface area contributed by atoms with Gasteiger partial charge in [-0.05, 0) is 58.7 Å². The number of rotatable bonds is 12. The zero-order valence-electron chi connectivity index (χ0n) is 18.1. The Morgan fingerprint density at radius 2 is 1.96 bits per heavy atom. The molecule has 0 aromatic heterocycles. The maximum absolute atomic E-state index is 11.9. The van der Waals surface area contributed by atoms with Crippen LogP contribution >= 0.6 is 24.0 Å². The first-order valence-electron chi connectivity index (χ1n) is 10.5. The largest absolute Gasteiger partial charge is 0.356 e. The van der Waals surface area contributed by atoms with E-state index in [1.54, 1.807) is 0 Å². The van der Waals surface area contributed by atoms with Crippen molar-refractivity contribution in [1.82, 2.24) is 20.4 Å². The molecule has 0 radical (unpaired) electrons. The number of hydrogen-bond donors (Lipinski definition) is 2. The van der Waals surface area contributed by atoms with Crippen LogP contribution in [0.1, 0.15) is 66.2 Å².